The minimum absolute atomic E-state index is 0.179. The zero-order valence-electron chi connectivity index (χ0n) is 4.42. The van der Waals surface area contributed by atoms with Crippen molar-refractivity contribution in [2.24, 2.45) is 0 Å². The Labute approximate surface area is 64.4 Å². The Kier molecular flexibility index (Phi) is 2.98. The Morgan fingerprint density at radius 2 is 1.00 bits per heavy atom. The first-order valence-corrected chi connectivity index (χ1v) is 2.80. The summed E-state index contributed by atoms with van der Waals surface area (Å²) in [5.41, 5.74) is 0. The van der Waals surface area contributed by atoms with Crippen molar-refractivity contribution in [2.75, 3.05) is 0 Å². The highest BCUT2D eigenvalue weighted by Gasteiger charge is 2.25. The molecule has 0 radical (unpaired) electrons. The van der Waals surface area contributed by atoms with Crippen LogP contribution in [0.4, 0.5) is 17.6 Å². The second-order valence-corrected chi connectivity index (χ2v) is 2.42. The molecule has 0 fully saturated rings. The van der Waals surface area contributed by atoms with Crippen LogP contribution >= 0.6 is 23.2 Å². The van der Waals surface area contributed by atoms with Gasteiger partial charge in [-0.3, -0.25) is 0 Å². The van der Waals surface area contributed by atoms with Gasteiger partial charge in [-0.25, -0.2) is 0 Å². The molecule has 0 aromatic rings. The van der Waals surface area contributed by atoms with Gasteiger partial charge in [0.15, 0.2) is 0 Å². The number of hydrogen-bond acceptors (Lipinski definition) is 0. The smallest absolute Gasteiger partial charge is 0.184 e. The molecule has 0 rings (SSSR count). The maximum absolute atomic E-state index is 11.5. The monoisotopic (exact) mass is 196 g/mol. The summed E-state index contributed by atoms with van der Waals surface area (Å²) in [6.07, 6.45) is -0.358. The summed E-state index contributed by atoms with van der Waals surface area (Å²) in [6, 6.07) is 0. The average Bonchev–Trinajstić information content (AvgIpc) is 1.57. The van der Waals surface area contributed by atoms with Crippen molar-refractivity contribution in [3.63, 3.8) is 0 Å². The van der Waals surface area contributed by atoms with Gasteiger partial charge in [-0.1, -0.05) is 0 Å². The molecule has 0 heterocycles. The highest BCUT2D eigenvalue weighted by atomic mass is 35.5. The number of alkyl halides is 6. The third kappa shape index (κ3) is 8.04. The average molecular weight is 197 g/mol. The van der Waals surface area contributed by atoms with Gasteiger partial charge in [0.05, 0.1) is 0 Å². The van der Waals surface area contributed by atoms with E-state index >= 15 is 0 Å². The van der Waals surface area contributed by atoms with E-state index in [1.54, 1.807) is 0 Å². The molecule has 0 N–H and O–H groups in total. The molecule has 6 heteroatoms. The second kappa shape index (κ2) is 2.96. The fourth-order valence-corrected chi connectivity index (χ4v) is 0.315. The van der Waals surface area contributed by atoms with E-state index < -0.39 is 10.8 Å². The summed E-state index contributed by atoms with van der Waals surface area (Å²) in [7, 11) is 0. The van der Waals surface area contributed by atoms with Gasteiger partial charge in [-0.2, -0.15) is 17.6 Å². The third-order valence-electron chi connectivity index (χ3n) is 0.461. The van der Waals surface area contributed by atoms with E-state index in [2.05, 4.69) is 23.2 Å². The topological polar surface area (TPSA) is 0 Å². The van der Waals surface area contributed by atoms with Gasteiger partial charge in [-0.05, 0) is 23.2 Å². The fourth-order valence-electron chi connectivity index (χ4n) is 0.189. The highest BCUT2D eigenvalue weighted by molar-refractivity contribution is 6.24. The normalized spacial score (nSPS) is 14.6. The molecular formula is C4H2Cl2F4. The molecule has 0 amide bonds. The van der Waals surface area contributed by atoms with Crippen LogP contribution in [0.3, 0.4) is 0 Å². The molecule has 0 aliphatic heterocycles. The van der Waals surface area contributed by atoms with E-state index in [9.17, 15) is 17.6 Å². The molecule has 0 aromatic heterocycles. The summed E-state index contributed by atoms with van der Waals surface area (Å²) < 4.78 is 46.2. The van der Waals surface area contributed by atoms with Gasteiger partial charge >= 0.3 is 10.8 Å². The fraction of sp³-hybridized carbons (Fsp3) is 0.500. The Morgan fingerprint density at radius 3 is 1.10 bits per heavy atom. The maximum Gasteiger partial charge on any atom is 0.341 e. The van der Waals surface area contributed by atoms with E-state index in [0.717, 1.165) is 0 Å². The van der Waals surface area contributed by atoms with Crippen LogP contribution in [0.25, 0.3) is 0 Å². The number of hydrogen-bond donors (Lipinski definition) is 0. The maximum atomic E-state index is 11.5. The van der Waals surface area contributed by atoms with Gasteiger partial charge < -0.3 is 0 Å². The lowest BCUT2D eigenvalue weighted by Crippen LogP contribution is -2.05. The van der Waals surface area contributed by atoms with Crippen LogP contribution in [0, 0.1) is 0 Å². The van der Waals surface area contributed by atoms with Crippen LogP contribution in [-0.4, -0.2) is 10.8 Å². The first-order valence-electron chi connectivity index (χ1n) is 2.04. The third-order valence-corrected chi connectivity index (χ3v) is 0.713. The predicted octanol–water partition coefficient (Wildman–Crippen LogP) is 3.21. The summed E-state index contributed by atoms with van der Waals surface area (Å²) >= 11 is 8.45. The van der Waals surface area contributed by atoms with E-state index in [4.69, 9.17) is 0 Å². The van der Waals surface area contributed by atoms with Crippen LogP contribution in [0.5, 0.6) is 0 Å². The Hall–Kier alpha value is 0.0400. The molecule has 0 aliphatic rings. The minimum atomic E-state index is -3.77. The predicted molar refractivity (Wildman–Crippen MR) is 30.7 cm³/mol. The van der Waals surface area contributed by atoms with E-state index in [0.29, 0.717) is 0 Å². The summed E-state index contributed by atoms with van der Waals surface area (Å²) in [5, 5.41) is -7.53. The van der Waals surface area contributed by atoms with Crippen LogP contribution in [0.1, 0.15) is 0 Å². The summed E-state index contributed by atoms with van der Waals surface area (Å²) in [6.45, 7) is 0. The zero-order chi connectivity index (χ0) is 8.41. The van der Waals surface area contributed by atoms with Crippen LogP contribution in [-0.2, 0) is 0 Å². The highest BCUT2D eigenvalue weighted by Crippen LogP contribution is 2.26. The van der Waals surface area contributed by atoms with Crippen LogP contribution < -0.4 is 0 Å². The van der Waals surface area contributed by atoms with Crippen LogP contribution in [0.2, 0.25) is 0 Å². The molecule has 0 nitrogen and oxygen atoms in total. The van der Waals surface area contributed by atoms with Gasteiger partial charge in [0.2, 0.25) is 0 Å². The lowest BCUT2D eigenvalue weighted by Gasteiger charge is -2.02. The molecule has 10 heavy (non-hydrogen) atoms. The molecule has 0 bridgehead atoms. The van der Waals surface area contributed by atoms with Crippen molar-refractivity contribution in [1.82, 2.24) is 0 Å². The quantitative estimate of drug-likeness (QED) is 0.362. The van der Waals surface area contributed by atoms with Crippen molar-refractivity contribution < 1.29 is 17.6 Å². The molecule has 60 valence electrons. The first kappa shape index (κ1) is 10.0. The molecule has 0 unspecified atom stereocenters. The molecule has 0 spiro atoms. The standard InChI is InChI=1S/C4H2Cl2F4/c5-3(7,8)1-2-4(6,9)10/h1-2H. The van der Waals surface area contributed by atoms with Gasteiger partial charge in [0.25, 0.3) is 0 Å². The Bertz CT molecular complexity index is 115. The molecule has 0 saturated carbocycles. The van der Waals surface area contributed by atoms with Crippen LogP contribution in [0.15, 0.2) is 12.2 Å². The van der Waals surface area contributed by atoms with Crippen molar-refractivity contribution in [2.45, 2.75) is 10.8 Å². The zero-order valence-corrected chi connectivity index (χ0v) is 5.93. The SMILES string of the molecule is FC(F)(Cl)C=CC(F)(F)Cl. The van der Waals surface area contributed by atoms with E-state index in [1.165, 1.54) is 0 Å². The first-order chi connectivity index (χ1) is 4.21. The molecule has 0 saturated heterocycles. The minimum Gasteiger partial charge on any atom is -0.184 e. The molecule has 0 aromatic carbocycles. The number of rotatable bonds is 2. The largest absolute Gasteiger partial charge is 0.341 e. The summed E-state index contributed by atoms with van der Waals surface area (Å²) in [5.74, 6) is 0. The van der Waals surface area contributed by atoms with Gasteiger partial charge in [-0.15, -0.1) is 0 Å². The number of allylic oxidation sites excluding steroid dienone is 2. The second-order valence-electron chi connectivity index (χ2n) is 1.42. The lowest BCUT2D eigenvalue weighted by molar-refractivity contribution is 0.133. The Morgan fingerprint density at radius 1 is 0.800 bits per heavy atom. The Balaban J connectivity index is 4.01. The lowest BCUT2D eigenvalue weighted by atomic mass is 10.5. The molecular weight excluding hydrogens is 195 g/mol. The summed E-state index contributed by atoms with van der Waals surface area (Å²) in [4.78, 5) is 0. The van der Waals surface area contributed by atoms with Crippen molar-refractivity contribution >= 4 is 23.2 Å². The van der Waals surface area contributed by atoms with Crippen molar-refractivity contribution in [3.05, 3.63) is 12.2 Å². The van der Waals surface area contributed by atoms with Gasteiger partial charge in [0, 0.05) is 12.2 Å². The molecule has 0 aliphatic carbocycles. The van der Waals surface area contributed by atoms with Crippen molar-refractivity contribution in [3.8, 4) is 0 Å². The van der Waals surface area contributed by atoms with E-state index in [-0.39, 0.29) is 12.2 Å². The van der Waals surface area contributed by atoms with E-state index in [1.807, 2.05) is 0 Å². The number of halogens is 6. The molecule has 0 atom stereocenters. The van der Waals surface area contributed by atoms with Crippen molar-refractivity contribution in [1.29, 1.82) is 0 Å². The van der Waals surface area contributed by atoms with Gasteiger partial charge in [0.1, 0.15) is 0 Å².